The molecule has 5 aliphatic rings. The van der Waals surface area contributed by atoms with E-state index in [0.717, 1.165) is 12.7 Å². The Balaban J connectivity index is 1.93. The molecule has 0 amide bonds. The van der Waals surface area contributed by atoms with E-state index in [-0.39, 0.29) is 22.3 Å². The summed E-state index contributed by atoms with van der Waals surface area (Å²) >= 11 is 0. The zero-order valence-electron chi connectivity index (χ0n) is 21.1. The van der Waals surface area contributed by atoms with Crippen LogP contribution >= 0.6 is 0 Å². The molecule has 10 heteroatoms. The Morgan fingerprint density at radius 1 is 0.842 bits per heavy atom. The smallest absolute Gasteiger partial charge is 0.337 e. The van der Waals surface area contributed by atoms with Gasteiger partial charge in [-0.2, -0.15) is 5.26 Å². The van der Waals surface area contributed by atoms with Crippen molar-refractivity contribution in [1.29, 1.82) is 5.26 Å². The lowest BCUT2D eigenvalue weighted by molar-refractivity contribution is -0.140. The minimum atomic E-state index is -1.70. The maximum Gasteiger partial charge on any atom is 0.337 e. The van der Waals surface area contributed by atoms with E-state index in [2.05, 4.69) is 6.07 Å². The van der Waals surface area contributed by atoms with E-state index < -0.39 is 53.3 Å². The van der Waals surface area contributed by atoms with Gasteiger partial charge in [-0.1, -0.05) is 42.5 Å². The number of rotatable bonds is 5. The summed E-state index contributed by atoms with van der Waals surface area (Å²) in [5, 5.41) is 10.5. The molecule has 6 rings (SSSR count). The fourth-order valence-corrected chi connectivity index (χ4v) is 6.32. The van der Waals surface area contributed by atoms with Crippen molar-refractivity contribution in [2.45, 2.75) is 17.6 Å². The van der Waals surface area contributed by atoms with Crippen molar-refractivity contribution >= 4 is 29.5 Å². The van der Waals surface area contributed by atoms with Gasteiger partial charge in [0.1, 0.15) is 0 Å². The Morgan fingerprint density at radius 2 is 1.42 bits per heavy atom. The van der Waals surface area contributed by atoms with Crippen LogP contribution in [0, 0.1) is 23.2 Å². The highest BCUT2D eigenvalue weighted by atomic mass is 16.5. The van der Waals surface area contributed by atoms with E-state index in [9.17, 15) is 24.4 Å². The maximum atomic E-state index is 13.4. The molecule has 38 heavy (non-hydrogen) atoms. The third kappa shape index (κ3) is 3.15. The highest BCUT2D eigenvalue weighted by Crippen LogP contribution is 2.59. The Kier molecular flexibility index (Phi) is 6.04. The molecule has 0 saturated carbocycles. The zero-order chi connectivity index (χ0) is 27.4. The minimum Gasteiger partial charge on any atom is -0.466 e. The molecule has 10 nitrogen and oxygen atoms in total. The number of ether oxygens (including phenoxy) is 4. The van der Waals surface area contributed by atoms with Gasteiger partial charge in [0.2, 0.25) is 0 Å². The van der Waals surface area contributed by atoms with E-state index in [1.54, 1.807) is 11.0 Å². The van der Waals surface area contributed by atoms with Crippen molar-refractivity contribution in [3.63, 3.8) is 0 Å². The monoisotopic (exact) mass is 516 g/mol. The number of nitrogens with zero attached hydrogens (tertiary/aromatic N) is 2. The van der Waals surface area contributed by atoms with Crippen molar-refractivity contribution in [2.75, 3.05) is 28.4 Å². The Hall–Kier alpha value is -4.49. The third-order valence-corrected chi connectivity index (χ3v) is 7.70. The van der Waals surface area contributed by atoms with Crippen LogP contribution in [0.5, 0.6) is 0 Å². The summed E-state index contributed by atoms with van der Waals surface area (Å²) in [6.45, 7) is 0. The van der Waals surface area contributed by atoms with Crippen LogP contribution in [0.1, 0.15) is 5.56 Å². The standard InChI is InChI=1S/C28H24N2O8/c1-35-24(31)19-16-12-15(14-8-6-5-7-9-14)18(20(19)25(32)36-2)23-21(26(33)37-3)22(27(34)38-4)28(13-29)11-10-17(16)30(23)28/h5-12,16-18,23H,1-4H3/t16-,17?,18-,23+,28+/m1/s1. The van der Waals surface area contributed by atoms with E-state index in [1.165, 1.54) is 27.4 Å². The lowest BCUT2D eigenvalue weighted by Crippen LogP contribution is -2.52. The van der Waals surface area contributed by atoms with Crippen LogP contribution in [0.2, 0.25) is 0 Å². The maximum absolute atomic E-state index is 13.4. The number of nitriles is 1. The molecule has 0 saturated heterocycles. The number of hydrogen-bond donors (Lipinski definition) is 0. The van der Waals surface area contributed by atoms with Crippen molar-refractivity contribution in [3.8, 4) is 6.07 Å². The molecule has 1 aromatic carbocycles. The van der Waals surface area contributed by atoms with E-state index in [4.69, 9.17) is 18.9 Å². The van der Waals surface area contributed by atoms with Gasteiger partial charge in [-0.25, -0.2) is 19.2 Å². The fourth-order valence-electron chi connectivity index (χ4n) is 6.32. The van der Waals surface area contributed by atoms with E-state index >= 15 is 0 Å². The summed E-state index contributed by atoms with van der Waals surface area (Å²) in [4.78, 5) is 54.9. The van der Waals surface area contributed by atoms with Crippen molar-refractivity contribution < 1.29 is 38.1 Å². The molecule has 0 radical (unpaired) electrons. The molecule has 194 valence electrons. The number of methoxy groups -OCH3 is 4. The molecule has 2 bridgehead atoms. The summed E-state index contributed by atoms with van der Waals surface area (Å²) in [5.41, 5.74) is -0.553. The first-order valence-corrected chi connectivity index (χ1v) is 11.8. The fraction of sp³-hybridized carbons (Fsp3) is 0.321. The Morgan fingerprint density at radius 3 is 2.00 bits per heavy atom. The highest BCUT2D eigenvalue weighted by Gasteiger charge is 2.67. The summed E-state index contributed by atoms with van der Waals surface area (Å²) in [7, 11) is 4.73. The lowest BCUT2D eigenvalue weighted by Gasteiger charge is -2.37. The van der Waals surface area contributed by atoms with Gasteiger partial charge in [-0.05, 0) is 17.2 Å². The molecule has 4 heterocycles. The molecule has 0 fully saturated rings. The van der Waals surface area contributed by atoms with E-state index in [0.29, 0.717) is 5.57 Å². The van der Waals surface area contributed by atoms with Crippen LogP contribution in [0.15, 0.2) is 70.9 Å². The molecular formula is C28H24N2O8. The highest BCUT2D eigenvalue weighted by molar-refractivity contribution is 6.09. The number of carbonyl (C=O) groups excluding carboxylic acids is 4. The SMILES string of the molecule is COC(=O)C1=C(C(=O)OC)[C@@H]2C=C(c3ccccc3)[C@H]1[C@H]1C(C(=O)OC)=C(C(=O)OC)[C@@]3(C#N)C=CC2N13. The predicted octanol–water partition coefficient (Wildman–Crippen LogP) is 1.50. The van der Waals surface area contributed by atoms with Gasteiger partial charge in [0.15, 0.2) is 5.54 Å². The summed E-state index contributed by atoms with van der Waals surface area (Å²) in [6.07, 6.45) is 5.12. The van der Waals surface area contributed by atoms with Crippen molar-refractivity contribution in [3.05, 3.63) is 76.4 Å². The van der Waals surface area contributed by atoms with Gasteiger partial charge in [0.25, 0.3) is 0 Å². The van der Waals surface area contributed by atoms with E-state index in [1.807, 2.05) is 36.4 Å². The second-order valence-electron chi connectivity index (χ2n) is 9.15. The van der Waals surface area contributed by atoms with Crippen LogP contribution in [0.25, 0.3) is 5.57 Å². The first-order valence-electron chi connectivity index (χ1n) is 11.8. The summed E-state index contributed by atoms with van der Waals surface area (Å²) < 4.78 is 20.4. The van der Waals surface area contributed by atoms with Gasteiger partial charge < -0.3 is 18.9 Å². The number of carbonyl (C=O) groups is 4. The topological polar surface area (TPSA) is 132 Å². The predicted molar refractivity (Wildman–Crippen MR) is 130 cm³/mol. The first-order chi connectivity index (χ1) is 18.3. The average molecular weight is 517 g/mol. The Bertz CT molecular complexity index is 1430. The molecule has 5 atom stereocenters. The van der Waals surface area contributed by atoms with Gasteiger partial charge in [0, 0.05) is 17.9 Å². The summed E-state index contributed by atoms with van der Waals surface area (Å²) in [6, 6.07) is 9.63. The minimum absolute atomic E-state index is 0.00198. The largest absolute Gasteiger partial charge is 0.466 e. The van der Waals surface area contributed by atoms with Crippen molar-refractivity contribution in [2.24, 2.45) is 11.8 Å². The molecule has 0 spiro atoms. The molecule has 0 aromatic heterocycles. The molecule has 4 aliphatic heterocycles. The van der Waals surface area contributed by atoms with Gasteiger partial charge in [-0.15, -0.1) is 0 Å². The average Bonchev–Trinajstić information content (AvgIpc) is 3.38. The number of benzene rings is 1. The third-order valence-electron chi connectivity index (χ3n) is 7.70. The quantitative estimate of drug-likeness (QED) is 0.322. The zero-order valence-corrected chi connectivity index (χ0v) is 21.1. The Labute approximate surface area is 218 Å². The van der Waals surface area contributed by atoms with Gasteiger partial charge in [0.05, 0.1) is 62.8 Å². The molecule has 1 aliphatic carbocycles. The molecular weight excluding hydrogens is 492 g/mol. The van der Waals surface area contributed by atoms with Gasteiger partial charge >= 0.3 is 23.9 Å². The van der Waals surface area contributed by atoms with Crippen LogP contribution in [0.4, 0.5) is 0 Å². The van der Waals surface area contributed by atoms with Crippen LogP contribution in [-0.2, 0) is 38.1 Å². The first kappa shape index (κ1) is 25.2. The second kappa shape index (κ2) is 9.11. The normalized spacial score (nSPS) is 28.8. The van der Waals surface area contributed by atoms with Gasteiger partial charge in [-0.3, -0.25) is 4.90 Å². The van der Waals surface area contributed by atoms with Crippen LogP contribution < -0.4 is 0 Å². The molecule has 0 N–H and O–H groups in total. The lowest BCUT2D eigenvalue weighted by atomic mass is 9.71. The van der Waals surface area contributed by atoms with Crippen LogP contribution in [-0.4, -0.2) is 74.8 Å². The second-order valence-corrected chi connectivity index (χ2v) is 9.15. The number of hydrogen-bond acceptors (Lipinski definition) is 10. The molecule has 1 aromatic rings. The molecule has 1 unspecified atom stereocenters. The summed E-state index contributed by atoms with van der Waals surface area (Å²) in [5.74, 6) is -5.01. The number of esters is 4. The van der Waals surface area contributed by atoms with Crippen molar-refractivity contribution in [1.82, 2.24) is 4.90 Å². The van der Waals surface area contributed by atoms with Crippen LogP contribution in [0.3, 0.4) is 0 Å².